The van der Waals surface area contributed by atoms with E-state index in [2.05, 4.69) is 15.0 Å². The molecule has 8 heteroatoms. The highest BCUT2D eigenvalue weighted by atomic mass is 16.5. The van der Waals surface area contributed by atoms with E-state index in [1.807, 2.05) is 42.2 Å². The monoisotopic (exact) mass is 389 g/mol. The summed E-state index contributed by atoms with van der Waals surface area (Å²) < 4.78 is 7.20. The molecule has 1 aliphatic carbocycles. The van der Waals surface area contributed by atoms with Crippen molar-refractivity contribution in [1.29, 1.82) is 0 Å². The maximum atomic E-state index is 5.97. The van der Waals surface area contributed by atoms with E-state index in [1.54, 1.807) is 20.4 Å². The predicted octanol–water partition coefficient (Wildman–Crippen LogP) is 2.73. The number of nitrogens with two attached hydrogens (primary N) is 1. The summed E-state index contributed by atoms with van der Waals surface area (Å²) in [5.41, 5.74) is 12.1. The summed E-state index contributed by atoms with van der Waals surface area (Å²) in [5.74, 6) is 1.59. The van der Waals surface area contributed by atoms with Crippen LogP contribution in [0.3, 0.4) is 0 Å². The summed E-state index contributed by atoms with van der Waals surface area (Å²) in [6.07, 6.45) is 5.72. The molecule has 148 valence electrons. The van der Waals surface area contributed by atoms with E-state index >= 15 is 0 Å². The fourth-order valence-electron chi connectivity index (χ4n) is 3.55. The van der Waals surface area contributed by atoms with E-state index in [1.165, 1.54) is 0 Å². The SMILES string of the molecule is CN=CCC(N)=Nc1ncc2c(n1)-c1c(nn(C)c1-c1ccc(OC)cc1)CC2. The summed E-state index contributed by atoms with van der Waals surface area (Å²) >= 11 is 0. The molecular formula is C21H23N7O. The number of nitrogens with zero attached hydrogens (tertiary/aromatic N) is 6. The fraction of sp³-hybridized carbons (Fsp3) is 0.286. The maximum absolute atomic E-state index is 5.97. The Morgan fingerprint density at radius 1 is 1.28 bits per heavy atom. The lowest BCUT2D eigenvalue weighted by Crippen LogP contribution is -2.12. The molecule has 1 aliphatic rings. The smallest absolute Gasteiger partial charge is 0.251 e. The number of benzene rings is 1. The minimum atomic E-state index is 0.350. The Kier molecular flexibility index (Phi) is 5.07. The molecule has 0 aliphatic heterocycles. The van der Waals surface area contributed by atoms with Crippen molar-refractivity contribution < 1.29 is 4.74 Å². The van der Waals surface area contributed by atoms with Crippen molar-refractivity contribution in [1.82, 2.24) is 19.7 Å². The molecular weight excluding hydrogens is 366 g/mol. The third-order valence-electron chi connectivity index (χ3n) is 4.93. The summed E-state index contributed by atoms with van der Waals surface area (Å²) in [6.45, 7) is 0. The summed E-state index contributed by atoms with van der Waals surface area (Å²) in [4.78, 5) is 17.4. The Morgan fingerprint density at radius 2 is 2.07 bits per heavy atom. The van der Waals surface area contributed by atoms with Crippen molar-refractivity contribution in [3.05, 3.63) is 41.7 Å². The van der Waals surface area contributed by atoms with Crippen molar-refractivity contribution in [2.75, 3.05) is 14.2 Å². The van der Waals surface area contributed by atoms with Gasteiger partial charge in [-0.05, 0) is 42.7 Å². The van der Waals surface area contributed by atoms with Crippen molar-refractivity contribution in [2.24, 2.45) is 22.8 Å². The zero-order valence-electron chi connectivity index (χ0n) is 16.8. The largest absolute Gasteiger partial charge is 0.497 e. The van der Waals surface area contributed by atoms with Crippen LogP contribution in [0.15, 0.2) is 40.4 Å². The Labute approximate surface area is 169 Å². The second kappa shape index (κ2) is 7.83. The minimum Gasteiger partial charge on any atom is -0.497 e. The van der Waals surface area contributed by atoms with Crippen LogP contribution in [0.4, 0.5) is 5.95 Å². The van der Waals surface area contributed by atoms with Crippen molar-refractivity contribution in [2.45, 2.75) is 19.3 Å². The number of amidine groups is 1. The van der Waals surface area contributed by atoms with Crippen LogP contribution in [0.5, 0.6) is 5.75 Å². The van der Waals surface area contributed by atoms with Crippen LogP contribution in [0.25, 0.3) is 22.5 Å². The first-order valence-corrected chi connectivity index (χ1v) is 9.41. The second-order valence-electron chi connectivity index (χ2n) is 6.81. The molecule has 0 atom stereocenters. The highest BCUT2D eigenvalue weighted by molar-refractivity contribution is 5.94. The van der Waals surface area contributed by atoms with Gasteiger partial charge in [-0.3, -0.25) is 4.68 Å². The van der Waals surface area contributed by atoms with Gasteiger partial charge in [0.1, 0.15) is 11.6 Å². The topological polar surface area (TPSA) is 104 Å². The molecule has 1 aromatic carbocycles. The van der Waals surface area contributed by atoms with E-state index in [-0.39, 0.29) is 0 Å². The Balaban J connectivity index is 1.81. The molecule has 0 saturated heterocycles. The highest BCUT2D eigenvalue weighted by Gasteiger charge is 2.27. The van der Waals surface area contributed by atoms with Gasteiger partial charge in [0.25, 0.3) is 5.95 Å². The van der Waals surface area contributed by atoms with Gasteiger partial charge in [-0.1, -0.05) is 0 Å². The van der Waals surface area contributed by atoms with Gasteiger partial charge in [-0.15, -0.1) is 0 Å². The molecule has 2 aromatic heterocycles. The van der Waals surface area contributed by atoms with Gasteiger partial charge in [0, 0.05) is 44.1 Å². The van der Waals surface area contributed by atoms with E-state index in [0.717, 1.165) is 52.4 Å². The molecule has 0 saturated carbocycles. The lowest BCUT2D eigenvalue weighted by Gasteiger charge is -2.16. The van der Waals surface area contributed by atoms with Crippen LogP contribution in [0.1, 0.15) is 17.7 Å². The highest BCUT2D eigenvalue weighted by Crippen LogP contribution is 2.39. The molecule has 3 aromatic rings. The van der Waals surface area contributed by atoms with Gasteiger partial charge in [0.05, 0.1) is 24.2 Å². The number of rotatable bonds is 5. The number of fused-ring (bicyclic) bond motifs is 3. The lowest BCUT2D eigenvalue weighted by molar-refractivity contribution is 0.415. The van der Waals surface area contributed by atoms with Gasteiger partial charge in [-0.25, -0.2) is 9.97 Å². The van der Waals surface area contributed by atoms with E-state index in [0.29, 0.717) is 18.2 Å². The summed E-state index contributed by atoms with van der Waals surface area (Å²) in [6, 6.07) is 7.97. The normalized spacial score (nSPS) is 13.4. The van der Waals surface area contributed by atoms with E-state index in [4.69, 9.17) is 20.6 Å². The molecule has 2 N–H and O–H groups in total. The molecule has 0 amide bonds. The molecule has 0 unspecified atom stereocenters. The van der Waals surface area contributed by atoms with E-state index in [9.17, 15) is 0 Å². The average molecular weight is 389 g/mol. The number of hydrogen-bond acceptors (Lipinski definition) is 6. The standard InChI is InChI=1S/C21H23N7O/c1-23-11-10-17(22)25-21-24-12-14-6-9-16-18(19(14)26-21)20(28(2)27-16)13-4-7-15(29-3)8-5-13/h4-5,7-8,11-12H,6,9-10H2,1-3H3,(H2,22,24,25,26). The summed E-state index contributed by atoms with van der Waals surface area (Å²) in [5, 5.41) is 4.75. The first-order chi connectivity index (χ1) is 14.1. The van der Waals surface area contributed by atoms with Gasteiger partial charge >= 0.3 is 0 Å². The van der Waals surface area contributed by atoms with Crippen LogP contribution in [0.2, 0.25) is 0 Å². The van der Waals surface area contributed by atoms with Gasteiger partial charge in [-0.2, -0.15) is 10.1 Å². The molecule has 29 heavy (non-hydrogen) atoms. The van der Waals surface area contributed by atoms with Crippen molar-refractivity contribution in [3.63, 3.8) is 0 Å². The molecule has 0 fully saturated rings. The van der Waals surface area contributed by atoms with E-state index < -0.39 is 0 Å². The zero-order valence-corrected chi connectivity index (χ0v) is 16.8. The number of aromatic nitrogens is 4. The average Bonchev–Trinajstić information content (AvgIpc) is 3.08. The lowest BCUT2D eigenvalue weighted by atomic mass is 9.91. The Bertz CT molecular complexity index is 1100. The van der Waals surface area contributed by atoms with Gasteiger partial charge in [0.2, 0.25) is 0 Å². The van der Waals surface area contributed by atoms with Gasteiger partial charge < -0.3 is 15.5 Å². The molecule has 4 rings (SSSR count). The fourth-order valence-corrected chi connectivity index (χ4v) is 3.55. The van der Waals surface area contributed by atoms with Crippen LogP contribution >= 0.6 is 0 Å². The van der Waals surface area contributed by atoms with Crippen LogP contribution in [0, 0.1) is 0 Å². The molecule has 0 radical (unpaired) electrons. The second-order valence-corrected chi connectivity index (χ2v) is 6.81. The minimum absolute atomic E-state index is 0.350. The number of aryl methyl sites for hydroxylation is 3. The number of aliphatic imine (C=N–C) groups is 2. The van der Waals surface area contributed by atoms with Crippen LogP contribution in [-0.2, 0) is 19.9 Å². The van der Waals surface area contributed by atoms with Crippen molar-refractivity contribution in [3.8, 4) is 28.3 Å². The number of ether oxygens (including phenoxy) is 1. The molecule has 2 heterocycles. The molecule has 0 bridgehead atoms. The third kappa shape index (κ3) is 3.61. The maximum Gasteiger partial charge on any atom is 0.251 e. The number of hydrogen-bond donors (Lipinski definition) is 1. The van der Waals surface area contributed by atoms with Gasteiger partial charge in [0.15, 0.2) is 0 Å². The first-order valence-electron chi connectivity index (χ1n) is 9.41. The van der Waals surface area contributed by atoms with Crippen LogP contribution < -0.4 is 10.5 Å². The molecule has 0 spiro atoms. The van der Waals surface area contributed by atoms with Crippen LogP contribution in [-0.4, -0.2) is 46.0 Å². The Hall–Kier alpha value is -3.55. The Morgan fingerprint density at radius 3 is 2.79 bits per heavy atom. The molecule has 8 nitrogen and oxygen atoms in total. The predicted molar refractivity (Wildman–Crippen MR) is 114 cm³/mol. The summed E-state index contributed by atoms with van der Waals surface area (Å²) in [7, 11) is 5.32. The number of methoxy groups -OCH3 is 1. The zero-order chi connectivity index (χ0) is 20.4. The quantitative estimate of drug-likeness (QED) is 0.534. The first kappa shape index (κ1) is 18.8. The third-order valence-corrected chi connectivity index (χ3v) is 4.93. The van der Waals surface area contributed by atoms with Crippen molar-refractivity contribution >= 4 is 18.0 Å².